The molecule has 0 aliphatic heterocycles. The van der Waals surface area contributed by atoms with Gasteiger partial charge in [-0.2, -0.15) is 11.8 Å². The molecule has 0 aliphatic carbocycles. The van der Waals surface area contributed by atoms with Crippen LogP contribution in [0.2, 0.25) is 0 Å². The number of furan rings is 1. The van der Waals surface area contributed by atoms with Gasteiger partial charge in [-0.3, -0.25) is 0 Å². The molecule has 0 saturated carbocycles. The highest BCUT2D eigenvalue weighted by Gasteiger charge is 2.02. The lowest BCUT2D eigenvalue weighted by Crippen LogP contribution is -2.23. The fourth-order valence-electron chi connectivity index (χ4n) is 1.55. The first-order valence-corrected chi connectivity index (χ1v) is 6.79. The van der Waals surface area contributed by atoms with Crippen molar-refractivity contribution in [3.63, 3.8) is 0 Å². The first kappa shape index (κ1) is 12.7. The van der Waals surface area contributed by atoms with E-state index in [4.69, 9.17) is 4.42 Å². The molecule has 1 N–H and O–H groups in total. The van der Waals surface area contributed by atoms with Crippen LogP contribution < -0.4 is 5.32 Å². The van der Waals surface area contributed by atoms with Crippen LogP contribution in [-0.4, -0.2) is 18.8 Å². The number of hydrogen-bond acceptors (Lipinski definition) is 3. The highest BCUT2D eigenvalue weighted by Crippen LogP contribution is 2.14. The van der Waals surface area contributed by atoms with Crippen molar-refractivity contribution >= 4 is 11.8 Å². The summed E-state index contributed by atoms with van der Waals surface area (Å²) in [4.78, 5) is 0. The quantitative estimate of drug-likeness (QED) is 0.690. The van der Waals surface area contributed by atoms with E-state index >= 15 is 0 Å². The normalized spacial score (nSPS) is 12.9. The first-order chi connectivity index (χ1) is 7.36. The zero-order valence-electron chi connectivity index (χ0n) is 9.66. The van der Waals surface area contributed by atoms with Crippen molar-refractivity contribution in [2.24, 2.45) is 0 Å². The predicted molar refractivity (Wildman–Crippen MR) is 67.2 cm³/mol. The molecule has 15 heavy (non-hydrogen) atoms. The molecule has 2 nitrogen and oxygen atoms in total. The zero-order chi connectivity index (χ0) is 10.9. The molecule has 0 bridgehead atoms. The van der Waals surface area contributed by atoms with Crippen LogP contribution in [0.25, 0.3) is 0 Å². The highest BCUT2D eigenvalue weighted by molar-refractivity contribution is 7.98. The molecule has 1 aromatic rings. The van der Waals surface area contributed by atoms with Crippen LogP contribution in [0.3, 0.4) is 0 Å². The van der Waals surface area contributed by atoms with Crippen LogP contribution in [0.1, 0.15) is 31.9 Å². The number of rotatable bonds is 8. The predicted octanol–water partition coefficient (Wildman–Crippen LogP) is 3.29. The standard InChI is InChI=1S/C12H21NOS/c1-3-11(13-2)6-5-9-15-10-12-7-4-8-14-12/h4,7-8,11,13H,3,5-6,9-10H2,1-2H3. The van der Waals surface area contributed by atoms with Crippen molar-refractivity contribution in [3.8, 4) is 0 Å². The lowest BCUT2D eigenvalue weighted by molar-refractivity contribution is 0.504. The Morgan fingerprint density at radius 3 is 3.00 bits per heavy atom. The van der Waals surface area contributed by atoms with Crippen LogP contribution in [0, 0.1) is 0 Å². The fourth-order valence-corrected chi connectivity index (χ4v) is 2.43. The van der Waals surface area contributed by atoms with E-state index in [1.54, 1.807) is 6.26 Å². The molecule has 0 aliphatic rings. The van der Waals surface area contributed by atoms with E-state index in [1.165, 1.54) is 25.0 Å². The Balaban J connectivity index is 1.97. The van der Waals surface area contributed by atoms with Gasteiger partial charge in [-0.25, -0.2) is 0 Å². The molecule has 1 aromatic heterocycles. The van der Waals surface area contributed by atoms with Gasteiger partial charge in [0.1, 0.15) is 5.76 Å². The Bertz CT molecular complexity index is 232. The zero-order valence-corrected chi connectivity index (χ0v) is 10.5. The van der Waals surface area contributed by atoms with Gasteiger partial charge < -0.3 is 9.73 Å². The topological polar surface area (TPSA) is 25.2 Å². The van der Waals surface area contributed by atoms with Crippen molar-refractivity contribution in [2.45, 2.75) is 38.0 Å². The molecule has 86 valence electrons. The molecule has 1 unspecified atom stereocenters. The summed E-state index contributed by atoms with van der Waals surface area (Å²) in [6.07, 6.45) is 5.52. The largest absolute Gasteiger partial charge is 0.468 e. The summed E-state index contributed by atoms with van der Waals surface area (Å²) >= 11 is 1.95. The smallest absolute Gasteiger partial charge is 0.113 e. The minimum absolute atomic E-state index is 0.689. The molecule has 3 heteroatoms. The minimum Gasteiger partial charge on any atom is -0.468 e. The SMILES string of the molecule is CCC(CCCSCc1ccco1)NC. The second-order valence-corrected chi connectivity index (χ2v) is 4.77. The van der Waals surface area contributed by atoms with Crippen LogP contribution in [0.15, 0.2) is 22.8 Å². The van der Waals surface area contributed by atoms with E-state index in [1.807, 2.05) is 30.9 Å². The molecule has 0 spiro atoms. The Kier molecular flexibility index (Phi) is 6.60. The average Bonchev–Trinajstić information content (AvgIpc) is 2.76. The van der Waals surface area contributed by atoms with Crippen LogP contribution in [-0.2, 0) is 5.75 Å². The van der Waals surface area contributed by atoms with Crippen molar-refractivity contribution < 1.29 is 4.42 Å². The summed E-state index contributed by atoms with van der Waals surface area (Å²) in [5, 5.41) is 3.33. The third-order valence-electron chi connectivity index (χ3n) is 2.57. The van der Waals surface area contributed by atoms with Crippen molar-refractivity contribution in [1.82, 2.24) is 5.32 Å². The van der Waals surface area contributed by atoms with E-state index in [0.29, 0.717) is 6.04 Å². The molecule has 0 radical (unpaired) electrons. The van der Waals surface area contributed by atoms with Crippen LogP contribution in [0.4, 0.5) is 0 Å². The maximum Gasteiger partial charge on any atom is 0.113 e. The van der Waals surface area contributed by atoms with E-state index in [9.17, 15) is 0 Å². The maximum absolute atomic E-state index is 5.27. The number of hydrogen-bond donors (Lipinski definition) is 1. The third-order valence-corrected chi connectivity index (χ3v) is 3.63. The van der Waals surface area contributed by atoms with E-state index in [-0.39, 0.29) is 0 Å². The summed E-state index contributed by atoms with van der Waals surface area (Å²) in [6.45, 7) is 2.23. The second kappa shape index (κ2) is 7.83. The van der Waals surface area contributed by atoms with Gasteiger partial charge in [0, 0.05) is 6.04 Å². The molecule has 0 fully saturated rings. The average molecular weight is 227 g/mol. The maximum atomic E-state index is 5.27. The molecule has 0 amide bonds. The molecule has 1 heterocycles. The Morgan fingerprint density at radius 2 is 2.40 bits per heavy atom. The van der Waals surface area contributed by atoms with Gasteiger partial charge in [0.25, 0.3) is 0 Å². The number of nitrogens with one attached hydrogen (secondary N) is 1. The van der Waals surface area contributed by atoms with Gasteiger partial charge in [0.15, 0.2) is 0 Å². The monoisotopic (exact) mass is 227 g/mol. The second-order valence-electron chi connectivity index (χ2n) is 3.67. The van der Waals surface area contributed by atoms with Crippen molar-refractivity contribution in [1.29, 1.82) is 0 Å². The lowest BCUT2D eigenvalue weighted by Gasteiger charge is -2.12. The molecular weight excluding hydrogens is 206 g/mol. The van der Waals surface area contributed by atoms with Crippen LogP contribution >= 0.6 is 11.8 Å². The molecule has 1 rings (SSSR count). The summed E-state index contributed by atoms with van der Waals surface area (Å²) in [7, 11) is 2.05. The van der Waals surface area contributed by atoms with Crippen molar-refractivity contribution in [3.05, 3.63) is 24.2 Å². The van der Waals surface area contributed by atoms with Gasteiger partial charge >= 0.3 is 0 Å². The summed E-state index contributed by atoms with van der Waals surface area (Å²) in [5.41, 5.74) is 0. The fraction of sp³-hybridized carbons (Fsp3) is 0.667. The Morgan fingerprint density at radius 1 is 1.53 bits per heavy atom. The molecule has 0 aromatic carbocycles. The third kappa shape index (κ3) is 5.28. The molecule has 0 saturated heterocycles. The van der Waals surface area contributed by atoms with Gasteiger partial charge in [-0.05, 0) is 44.2 Å². The Hall–Kier alpha value is -0.410. The summed E-state index contributed by atoms with van der Waals surface area (Å²) < 4.78 is 5.27. The first-order valence-electron chi connectivity index (χ1n) is 5.64. The molecular formula is C12H21NOS. The van der Waals surface area contributed by atoms with E-state index < -0.39 is 0 Å². The molecule has 1 atom stereocenters. The van der Waals surface area contributed by atoms with Gasteiger partial charge in [-0.15, -0.1) is 0 Å². The summed E-state index contributed by atoms with van der Waals surface area (Å²) in [5.74, 6) is 3.31. The minimum atomic E-state index is 0.689. The van der Waals surface area contributed by atoms with Gasteiger partial charge in [-0.1, -0.05) is 6.92 Å². The summed E-state index contributed by atoms with van der Waals surface area (Å²) in [6, 6.07) is 4.67. The van der Waals surface area contributed by atoms with Gasteiger partial charge in [0.05, 0.1) is 12.0 Å². The van der Waals surface area contributed by atoms with E-state index in [0.717, 1.165) is 11.5 Å². The van der Waals surface area contributed by atoms with Gasteiger partial charge in [0.2, 0.25) is 0 Å². The highest BCUT2D eigenvalue weighted by atomic mass is 32.2. The number of thioether (sulfide) groups is 1. The lowest BCUT2D eigenvalue weighted by atomic mass is 10.1. The van der Waals surface area contributed by atoms with E-state index in [2.05, 4.69) is 12.2 Å². The Labute approximate surface area is 96.8 Å². The van der Waals surface area contributed by atoms with Crippen LogP contribution in [0.5, 0.6) is 0 Å². The van der Waals surface area contributed by atoms with Crippen molar-refractivity contribution in [2.75, 3.05) is 12.8 Å².